The third kappa shape index (κ3) is 7.21. The summed E-state index contributed by atoms with van der Waals surface area (Å²) < 4.78 is 4.02. The number of halogens is 1. The van der Waals surface area contributed by atoms with E-state index in [-0.39, 0.29) is 27.1 Å². The van der Waals surface area contributed by atoms with Crippen molar-refractivity contribution < 1.29 is 26.0 Å². The zero-order chi connectivity index (χ0) is 24.5. The molecule has 2 aromatic carbocycles. The number of fused-ring (bicyclic) bond motifs is 1. The van der Waals surface area contributed by atoms with Crippen molar-refractivity contribution in [2.45, 2.75) is 18.2 Å². The molecular weight excluding hydrogens is 565 g/mol. The van der Waals surface area contributed by atoms with Gasteiger partial charge in [0.1, 0.15) is 0 Å². The van der Waals surface area contributed by atoms with Gasteiger partial charge < -0.3 is 0 Å². The first kappa shape index (κ1) is 25.5. The molecule has 2 aromatic rings. The van der Waals surface area contributed by atoms with Gasteiger partial charge >= 0.3 is 194 Å². The Labute approximate surface area is 223 Å². The predicted molar refractivity (Wildman–Crippen MR) is 145 cm³/mol. The molecule has 2 heterocycles. The number of dihydropyridines is 1. The Balaban J connectivity index is 1.42. The normalized spacial score (nSPS) is 19.2. The Kier molecular flexibility index (Phi) is 9.42. The molecule has 182 valence electrons. The zero-order valence-electron chi connectivity index (χ0n) is 20.0. The molecular formula is C29H31IN3OS-. The van der Waals surface area contributed by atoms with Crippen LogP contribution in [0.15, 0.2) is 96.1 Å². The van der Waals surface area contributed by atoms with Crippen LogP contribution in [-0.4, -0.2) is 37.5 Å². The number of thioether (sulfide) groups is 1. The van der Waals surface area contributed by atoms with Crippen LogP contribution < -0.4 is 31.8 Å². The summed E-state index contributed by atoms with van der Waals surface area (Å²) in [6.45, 7) is 8.33. The Morgan fingerprint density at radius 1 is 1.17 bits per heavy atom. The maximum atomic E-state index is 12.3. The van der Waals surface area contributed by atoms with E-state index in [0.717, 1.165) is 23.4 Å². The molecule has 4 rings (SSSR count). The van der Waals surface area contributed by atoms with E-state index in [9.17, 15) is 4.79 Å². The van der Waals surface area contributed by atoms with Gasteiger partial charge in [-0.1, -0.05) is 18.2 Å². The summed E-state index contributed by atoms with van der Waals surface area (Å²) in [5.41, 5.74) is 6.13. The van der Waals surface area contributed by atoms with Gasteiger partial charge in [-0.2, -0.15) is 0 Å². The molecule has 0 fully saturated rings. The molecule has 4 nitrogen and oxygen atoms in total. The van der Waals surface area contributed by atoms with Crippen molar-refractivity contribution in [1.82, 2.24) is 10.6 Å². The van der Waals surface area contributed by atoms with Gasteiger partial charge in [0.15, 0.2) is 0 Å². The molecule has 0 spiro atoms. The van der Waals surface area contributed by atoms with Crippen molar-refractivity contribution in [2.75, 3.05) is 25.4 Å². The number of aliphatic imine (C=N–C) groups is 1. The summed E-state index contributed by atoms with van der Waals surface area (Å²) in [7, 11) is 0. The molecule has 1 unspecified atom stereocenters. The van der Waals surface area contributed by atoms with Gasteiger partial charge in [0.05, 0.1) is 0 Å². The summed E-state index contributed by atoms with van der Waals surface area (Å²) in [6.07, 6.45) is 7.20. The minimum absolute atomic E-state index is 0.0556. The number of hydrogen-bond acceptors (Lipinski definition) is 4. The number of hydrogen-bond donors (Lipinski definition) is 2. The number of amides is 1. The molecule has 6 heteroatoms. The van der Waals surface area contributed by atoms with Crippen molar-refractivity contribution >= 4 is 35.5 Å². The fraction of sp³-hybridized carbons (Fsp3) is 0.241. The average molecular weight is 597 g/mol. The molecule has 0 aromatic heterocycles. The van der Waals surface area contributed by atoms with E-state index in [1.54, 1.807) is 15.3 Å². The zero-order valence-corrected chi connectivity index (χ0v) is 22.9. The van der Waals surface area contributed by atoms with Crippen LogP contribution >= 0.6 is 11.8 Å². The molecule has 0 saturated heterocycles. The van der Waals surface area contributed by atoms with Crippen LogP contribution in [0.1, 0.15) is 24.5 Å². The van der Waals surface area contributed by atoms with Crippen LogP contribution in [0.3, 0.4) is 0 Å². The van der Waals surface area contributed by atoms with Gasteiger partial charge in [-0.25, -0.2) is 0 Å². The van der Waals surface area contributed by atoms with Crippen LogP contribution in [0.2, 0.25) is 0 Å². The monoisotopic (exact) mass is 596 g/mol. The third-order valence-electron chi connectivity index (χ3n) is 5.84. The first-order valence-electron chi connectivity index (χ1n) is 11.8. The van der Waals surface area contributed by atoms with E-state index in [2.05, 4.69) is 63.6 Å². The molecule has 2 aliphatic rings. The van der Waals surface area contributed by atoms with E-state index in [4.69, 9.17) is 0 Å². The maximum absolute atomic E-state index is 12.3. The molecule has 0 aliphatic carbocycles. The van der Waals surface area contributed by atoms with E-state index in [0.29, 0.717) is 24.8 Å². The number of rotatable bonds is 9. The van der Waals surface area contributed by atoms with E-state index in [1.165, 1.54) is 22.4 Å². The molecule has 0 bridgehead atoms. The topological polar surface area (TPSA) is 53.5 Å². The molecule has 1 atom stereocenters. The van der Waals surface area contributed by atoms with Gasteiger partial charge in [-0.3, -0.25) is 0 Å². The van der Waals surface area contributed by atoms with Crippen molar-refractivity contribution in [2.24, 2.45) is 10.9 Å². The van der Waals surface area contributed by atoms with Crippen LogP contribution in [-0.2, 0) is 4.79 Å². The summed E-state index contributed by atoms with van der Waals surface area (Å²) in [5.74, 6) is 0.936. The molecule has 35 heavy (non-hydrogen) atoms. The van der Waals surface area contributed by atoms with Crippen molar-refractivity contribution in [3.8, 4) is 0 Å². The van der Waals surface area contributed by atoms with Crippen LogP contribution in [0.25, 0.3) is 11.6 Å². The summed E-state index contributed by atoms with van der Waals surface area (Å²) in [6, 6.07) is 18.5. The van der Waals surface area contributed by atoms with E-state index in [1.807, 2.05) is 42.6 Å². The molecule has 0 saturated carbocycles. The second-order valence-electron chi connectivity index (χ2n) is 8.44. The second kappa shape index (κ2) is 12.9. The van der Waals surface area contributed by atoms with Gasteiger partial charge in [0, 0.05) is 0 Å². The standard InChI is InChI=1S/C29H31IN3OS/c1-3-22-9-7-8-12-27(22)23-15-25(16-24-19-31-18-21(2)29(24)30-17-23)32-13-14-33-28(34)20-35-26-10-5-4-6-11-26/h3-12,15,17-18,24,32H,1,13-14,16,19-20H2,2H3,(H,33,34)/q-1/b23-17?,25-15+. The van der Waals surface area contributed by atoms with Crippen LogP contribution in [0.5, 0.6) is 0 Å². The molecule has 2 aliphatic heterocycles. The Morgan fingerprint density at radius 2 is 1.97 bits per heavy atom. The first-order chi connectivity index (χ1) is 17.1. The number of nitrogens with zero attached hydrogens (tertiary/aromatic N) is 1. The van der Waals surface area contributed by atoms with Gasteiger partial charge in [-0.05, 0) is 12.1 Å². The predicted octanol–water partition coefficient (Wildman–Crippen LogP) is 2.52. The van der Waals surface area contributed by atoms with Crippen LogP contribution in [0.4, 0.5) is 0 Å². The average Bonchev–Trinajstić information content (AvgIpc) is 2.87. The van der Waals surface area contributed by atoms with Crippen LogP contribution in [0, 0.1) is 5.92 Å². The Bertz CT molecular complexity index is 1180. The number of benzene rings is 2. The molecule has 1 amide bonds. The van der Waals surface area contributed by atoms with Crippen molar-refractivity contribution in [3.63, 3.8) is 0 Å². The fourth-order valence-electron chi connectivity index (χ4n) is 4.11. The second-order valence-corrected chi connectivity index (χ2v) is 11.9. The first-order valence-corrected chi connectivity index (χ1v) is 15.1. The fourth-order valence-corrected chi connectivity index (χ4v) is 7.60. The Hall–Kier alpha value is -2.58. The summed E-state index contributed by atoms with van der Waals surface area (Å²) >= 11 is 1.33. The van der Waals surface area contributed by atoms with Crippen molar-refractivity contribution in [3.05, 3.63) is 97.3 Å². The number of allylic oxidation sites excluding steroid dienone is 4. The number of carbonyl (C=O) groups excluding carboxylic acids is 1. The summed E-state index contributed by atoms with van der Waals surface area (Å²) in [5, 5.41) is 6.65. The number of nitrogens with one attached hydrogen (secondary N) is 2. The van der Waals surface area contributed by atoms with Gasteiger partial charge in [0.2, 0.25) is 0 Å². The van der Waals surface area contributed by atoms with Crippen molar-refractivity contribution in [1.29, 1.82) is 0 Å². The quantitative estimate of drug-likeness (QED) is 0.266. The molecule has 2 N–H and O–H groups in total. The van der Waals surface area contributed by atoms with Gasteiger partial charge in [-0.15, -0.1) is 0 Å². The minimum atomic E-state index is -0.225. The molecule has 0 radical (unpaired) electrons. The van der Waals surface area contributed by atoms with E-state index >= 15 is 0 Å². The SMILES string of the molecule is C=Cc1ccccc1C1=C[I-]C2=C(C)C=NCC2C/C(NCCNC(=O)CSc2ccccc2)=C\1. The third-order valence-corrected chi connectivity index (χ3v) is 10.2. The summed E-state index contributed by atoms with van der Waals surface area (Å²) in [4.78, 5) is 18.0. The van der Waals surface area contributed by atoms with Gasteiger partial charge in [0.25, 0.3) is 0 Å². The number of carbonyl (C=O) groups is 1. The Morgan fingerprint density at radius 3 is 2.80 bits per heavy atom. The van der Waals surface area contributed by atoms with E-state index < -0.39 is 0 Å².